The summed E-state index contributed by atoms with van der Waals surface area (Å²) in [6.07, 6.45) is 2.28. The summed E-state index contributed by atoms with van der Waals surface area (Å²) >= 11 is 9.51. The number of rotatable bonds is 6. The Balaban J connectivity index is 0.00000220. The van der Waals surface area contributed by atoms with Gasteiger partial charge in [-0.3, -0.25) is 0 Å². The fourth-order valence-corrected chi connectivity index (χ4v) is 2.47. The molecule has 0 bridgehead atoms. The number of benzene rings is 1. The van der Waals surface area contributed by atoms with E-state index in [4.69, 9.17) is 16.1 Å². The van der Waals surface area contributed by atoms with E-state index in [0.29, 0.717) is 18.4 Å². The number of nitrogens with zero attached hydrogens (tertiary/aromatic N) is 2. The highest BCUT2D eigenvalue weighted by atomic mass is 79.9. The van der Waals surface area contributed by atoms with E-state index in [-0.39, 0.29) is 12.4 Å². The zero-order valence-corrected chi connectivity index (χ0v) is 15.1. The smallest absolute Gasteiger partial charge is 0.226 e. The first kappa shape index (κ1) is 18.4. The van der Waals surface area contributed by atoms with Gasteiger partial charge in [0.05, 0.1) is 0 Å². The van der Waals surface area contributed by atoms with E-state index in [0.717, 1.165) is 33.7 Å². The Morgan fingerprint density at radius 2 is 2.14 bits per heavy atom. The Morgan fingerprint density at radius 1 is 1.38 bits per heavy atom. The highest BCUT2D eigenvalue weighted by Crippen LogP contribution is 2.22. The number of halogens is 3. The summed E-state index contributed by atoms with van der Waals surface area (Å²) < 4.78 is 6.31. The van der Waals surface area contributed by atoms with Gasteiger partial charge in [0, 0.05) is 28.4 Å². The standard InChI is InChI=1S/C14H17BrClN3O.ClH/c1-9(17-2)7-13-18-14(20-19-13)6-3-10-8-11(16)4-5-12(10)15;/h4-5,8-9,17H,3,6-7H2,1-2H3;1H. The topological polar surface area (TPSA) is 51.0 Å². The van der Waals surface area contributed by atoms with Gasteiger partial charge < -0.3 is 9.84 Å². The molecule has 116 valence electrons. The molecule has 1 heterocycles. The minimum Gasteiger partial charge on any atom is -0.339 e. The van der Waals surface area contributed by atoms with E-state index in [9.17, 15) is 0 Å². The van der Waals surface area contributed by atoms with E-state index in [1.54, 1.807) is 0 Å². The zero-order chi connectivity index (χ0) is 14.5. The maximum absolute atomic E-state index is 6.00. The molecule has 1 N–H and O–H groups in total. The van der Waals surface area contributed by atoms with E-state index in [1.807, 2.05) is 25.2 Å². The summed E-state index contributed by atoms with van der Waals surface area (Å²) in [6.45, 7) is 2.08. The molecule has 1 aromatic carbocycles. The number of hydrogen-bond donors (Lipinski definition) is 1. The van der Waals surface area contributed by atoms with E-state index in [1.165, 1.54) is 0 Å². The second kappa shape index (κ2) is 8.73. The van der Waals surface area contributed by atoms with Crippen molar-refractivity contribution in [2.24, 2.45) is 0 Å². The number of likely N-dealkylation sites (N-methyl/N-ethyl adjacent to an activating group) is 1. The number of aryl methyl sites for hydroxylation is 2. The Labute approximate surface area is 144 Å². The molecular weight excluding hydrogens is 377 g/mol. The Kier molecular flexibility index (Phi) is 7.66. The molecule has 0 radical (unpaired) electrons. The van der Waals surface area contributed by atoms with Crippen LogP contribution in [0.4, 0.5) is 0 Å². The number of nitrogens with one attached hydrogen (secondary N) is 1. The van der Waals surface area contributed by atoms with Crippen molar-refractivity contribution in [3.05, 3.63) is 45.0 Å². The second-order valence-electron chi connectivity index (χ2n) is 4.73. The van der Waals surface area contributed by atoms with E-state index in [2.05, 4.69) is 38.3 Å². The maximum atomic E-state index is 6.00. The fourth-order valence-electron chi connectivity index (χ4n) is 1.83. The molecule has 0 aliphatic heterocycles. The van der Waals surface area contributed by atoms with Crippen molar-refractivity contribution >= 4 is 39.9 Å². The highest BCUT2D eigenvalue weighted by Gasteiger charge is 2.10. The molecule has 7 heteroatoms. The summed E-state index contributed by atoms with van der Waals surface area (Å²) in [5.74, 6) is 1.40. The van der Waals surface area contributed by atoms with Gasteiger partial charge in [-0.2, -0.15) is 4.98 Å². The average Bonchev–Trinajstić information content (AvgIpc) is 2.87. The molecule has 0 saturated carbocycles. The lowest BCUT2D eigenvalue weighted by Gasteiger charge is -2.04. The van der Waals surface area contributed by atoms with Crippen molar-refractivity contribution in [2.75, 3.05) is 7.05 Å². The van der Waals surface area contributed by atoms with Crippen LogP contribution in [0.5, 0.6) is 0 Å². The van der Waals surface area contributed by atoms with Crippen LogP contribution >= 0.6 is 39.9 Å². The van der Waals surface area contributed by atoms with Gasteiger partial charge in [0.2, 0.25) is 5.89 Å². The Hall–Kier alpha value is -0.620. The summed E-state index contributed by atoms with van der Waals surface area (Å²) in [7, 11) is 1.92. The number of hydrogen-bond acceptors (Lipinski definition) is 4. The largest absolute Gasteiger partial charge is 0.339 e. The molecule has 4 nitrogen and oxygen atoms in total. The fraction of sp³-hybridized carbons (Fsp3) is 0.429. The van der Waals surface area contributed by atoms with Gasteiger partial charge in [-0.25, -0.2) is 0 Å². The molecule has 0 aliphatic carbocycles. The lowest BCUT2D eigenvalue weighted by Crippen LogP contribution is -2.24. The van der Waals surface area contributed by atoms with Crippen LogP contribution in [0.1, 0.15) is 24.2 Å². The SMILES string of the molecule is CNC(C)Cc1noc(CCc2cc(Cl)ccc2Br)n1.Cl. The maximum Gasteiger partial charge on any atom is 0.226 e. The minimum atomic E-state index is 0. The van der Waals surface area contributed by atoms with Gasteiger partial charge in [0.25, 0.3) is 0 Å². The normalized spacial score (nSPS) is 12.0. The van der Waals surface area contributed by atoms with Crippen LogP contribution < -0.4 is 5.32 Å². The number of aromatic nitrogens is 2. The quantitative estimate of drug-likeness (QED) is 0.808. The molecule has 0 amide bonds. The summed E-state index contributed by atoms with van der Waals surface area (Å²) in [5.41, 5.74) is 1.14. The second-order valence-corrected chi connectivity index (χ2v) is 6.02. The van der Waals surface area contributed by atoms with Gasteiger partial charge in [-0.05, 0) is 44.2 Å². The van der Waals surface area contributed by atoms with Crippen molar-refractivity contribution in [3.63, 3.8) is 0 Å². The third-order valence-corrected chi connectivity index (χ3v) is 4.12. The van der Waals surface area contributed by atoms with E-state index >= 15 is 0 Å². The van der Waals surface area contributed by atoms with Crippen LogP contribution in [0.15, 0.2) is 27.2 Å². The van der Waals surface area contributed by atoms with Gasteiger partial charge >= 0.3 is 0 Å². The van der Waals surface area contributed by atoms with Crippen molar-refractivity contribution in [3.8, 4) is 0 Å². The predicted octanol–water partition coefficient (Wildman–Crippen LogP) is 3.84. The van der Waals surface area contributed by atoms with Crippen molar-refractivity contribution in [1.82, 2.24) is 15.5 Å². The Morgan fingerprint density at radius 3 is 2.86 bits per heavy atom. The van der Waals surface area contributed by atoms with Crippen LogP contribution in [0, 0.1) is 0 Å². The molecule has 1 atom stereocenters. The predicted molar refractivity (Wildman–Crippen MR) is 90.3 cm³/mol. The first-order valence-electron chi connectivity index (χ1n) is 6.51. The van der Waals surface area contributed by atoms with Crippen LogP contribution in [0.2, 0.25) is 5.02 Å². The minimum absolute atomic E-state index is 0. The molecule has 0 spiro atoms. The zero-order valence-electron chi connectivity index (χ0n) is 11.9. The first-order valence-corrected chi connectivity index (χ1v) is 7.68. The van der Waals surface area contributed by atoms with Crippen LogP contribution in [0.3, 0.4) is 0 Å². The lowest BCUT2D eigenvalue weighted by atomic mass is 10.1. The molecular formula is C14H18BrCl2N3O. The molecule has 2 aromatic rings. The molecule has 0 saturated heterocycles. The van der Waals surface area contributed by atoms with Crippen LogP contribution in [-0.4, -0.2) is 23.2 Å². The molecule has 1 aromatic heterocycles. The van der Waals surface area contributed by atoms with Crippen molar-refractivity contribution in [2.45, 2.75) is 32.2 Å². The monoisotopic (exact) mass is 393 g/mol. The van der Waals surface area contributed by atoms with Gasteiger partial charge in [0.1, 0.15) is 0 Å². The summed E-state index contributed by atoms with van der Waals surface area (Å²) in [4.78, 5) is 4.40. The molecule has 1 unspecified atom stereocenters. The summed E-state index contributed by atoms with van der Waals surface area (Å²) in [6, 6.07) is 6.10. The third-order valence-electron chi connectivity index (χ3n) is 3.11. The highest BCUT2D eigenvalue weighted by molar-refractivity contribution is 9.10. The first-order chi connectivity index (χ1) is 9.58. The Bertz CT molecular complexity index is 577. The molecule has 0 aliphatic rings. The molecule has 0 fully saturated rings. The average molecular weight is 395 g/mol. The van der Waals surface area contributed by atoms with Gasteiger partial charge in [0.15, 0.2) is 5.82 Å². The molecule has 2 rings (SSSR count). The van der Waals surface area contributed by atoms with Crippen molar-refractivity contribution < 1.29 is 4.52 Å². The third kappa shape index (κ3) is 5.58. The van der Waals surface area contributed by atoms with Gasteiger partial charge in [-0.15, -0.1) is 12.4 Å². The van der Waals surface area contributed by atoms with Gasteiger partial charge in [-0.1, -0.05) is 32.7 Å². The van der Waals surface area contributed by atoms with Crippen molar-refractivity contribution in [1.29, 1.82) is 0 Å². The van der Waals surface area contributed by atoms with Crippen LogP contribution in [0.25, 0.3) is 0 Å². The summed E-state index contributed by atoms with van der Waals surface area (Å²) in [5, 5.41) is 7.88. The van der Waals surface area contributed by atoms with Crippen LogP contribution in [-0.2, 0) is 19.3 Å². The molecule has 21 heavy (non-hydrogen) atoms. The van der Waals surface area contributed by atoms with E-state index < -0.39 is 0 Å². The lowest BCUT2D eigenvalue weighted by molar-refractivity contribution is 0.371.